The molecule has 0 bridgehead atoms. The summed E-state index contributed by atoms with van der Waals surface area (Å²) >= 11 is 0. The second-order valence-corrected chi connectivity index (χ2v) is 8.15. The number of nitrogens with zero attached hydrogens (tertiary/aromatic N) is 1. The molecule has 2 rings (SSSR count). The predicted octanol–water partition coefficient (Wildman–Crippen LogP) is 3.94. The van der Waals surface area contributed by atoms with Crippen molar-refractivity contribution in [3.05, 3.63) is 0 Å². The first-order chi connectivity index (χ1) is 10.3. The summed E-state index contributed by atoms with van der Waals surface area (Å²) in [6.07, 6.45) is 8.61. The molecule has 0 aromatic carbocycles. The van der Waals surface area contributed by atoms with Gasteiger partial charge in [-0.25, -0.2) is 4.79 Å². The Kier molecular flexibility index (Phi) is 6.13. The van der Waals surface area contributed by atoms with Crippen molar-refractivity contribution in [2.75, 3.05) is 13.1 Å². The molecule has 2 aliphatic rings. The van der Waals surface area contributed by atoms with E-state index in [1.807, 2.05) is 25.7 Å². The van der Waals surface area contributed by atoms with Crippen molar-refractivity contribution in [3.63, 3.8) is 0 Å². The molecule has 2 fully saturated rings. The molecule has 0 radical (unpaired) electrons. The van der Waals surface area contributed by atoms with E-state index in [1.165, 1.54) is 38.5 Å². The van der Waals surface area contributed by atoms with Gasteiger partial charge in [-0.05, 0) is 52.4 Å². The van der Waals surface area contributed by atoms with Gasteiger partial charge in [-0.3, -0.25) is 0 Å². The Hall–Kier alpha value is -0.770. The molecule has 1 saturated heterocycles. The highest BCUT2D eigenvalue weighted by Gasteiger charge is 2.29. The average Bonchev–Trinajstić information content (AvgIpc) is 2.65. The Labute approximate surface area is 136 Å². The summed E-state index contributed by atoms with van der Waals surface area (Å²) in [4.78, 5) is 14.3. The van der Waals surface area contributed by atoms with Gasteiger partial charge in [-0.15, -0.1) is 0 Å². The van der Waals surface area contributed by atoms with E-state index in [4.69, 9.17) is 4.74 Å². The van der Waals surface area contributed by atoms with Crippen LogP contribution in [0, 0.1) is 5.92 Å². The van der Waals surface area contributed by atoms with Crippen LogP contribution in [0.2, 0.25) is 0 Å². The zero-order chi connectivity index (χ0) is 16.2. The fraction of sp³-hybridized carbons (Fsp3) is 0.944. The van der Waals surface area contributed by atoms with Gasteiger partial charge in [0.15, 0.2) is 0 Å². The normalized spacial score (nSPS) is 30.7. The minimum absolute atomic E-state index is 0.155. The first kappa shape index (κ1) is 17.6. The van der Waals surface area contributed by atoms with Gasteiger partial charge in [0.2, 0.25) is 0 Å². The van der Waals surface area contributed by atoms with Gasteiger partial charge in [0.05, 0.1) is 0 Å². The van der Waals surface area contributed by atoms with Crippen molar-refractivity contribution >= 4 is 6.09 Å². The van der Waals surface area contributed by atoms with Gasteiger partial charge in [-0.2, -0.15) is 0 Å². The number of amides is 1. The van der Waals surface area contributed by atoms with Gasteiger partial charge in [0.1, 0.15) is 5.60 Å². The van der Waals surface area contributed by atoms with Crippen LogP contribution < -0.4 is 5.32 Å². The highest BCUT2D eigenvalue weighted by molar-refractivity contribution is 5.68. The lowest BCUT2D eigenvalue weighted by Crippen LogP contribution is -2.49. The van der Waals surface area contributed by atoms with Crippen LogP contribution in [0.4, 0.5) is 4.79 Å². The van der Waals surface area contributed by atoms with E-state index < -0.39 is 5.60 Å². The molecule has 0 aromatic heterocycles. The van der Waals surface area contributed by atoms with Crippen LogP contribution in [0.15, 0.2) is 0 Å². The van der Waals surface area contributed by atoms with E-state index in [9.17, 15) is 4.79 Å². The number of nitrogens with one attached hydrogen (secondary N) is 1. The van der Waals surface area contributed by atoms with E-state index in [1.54, 1.807) is 0 Å². The third kappa shape index (κ3) is 5.45. The number of hydrogen-bond donors (Lipinski definition) is 1. The average molecular weight is 310 g/mol. The van der Waals surface area contributed by atoms with Gasteiger partial charge >= 0.3 is 6.09 Å². The minimum atomic E-state index is -0.413. The number of ether oxygens (including phenoxy) is 1. The maximum absolute atomic E-state index is 12.3. The quantitative estimate of drug-likeness (QED) is 0.840. The highest BCUT2D eigenvalue weighted by Crippen LogP contribution is 2.25. The fourth-order valence-corrected chi connectivity index (χ4v) is 3.64. The second-order valence-electron chi connectivity index (χ2n) is 8.15. The van der Waals surface area contributed by atoms with Gasteiger partial charge in [0, 0.05) is 25.2 Å². The maximum Gasteiger partial charge on any atom is 0.410 e. The van der Waals surface area contributed by atoms with Crippen LogP contribution in [-0.2, 0) is 4.74 Å². The summed E-state index contributed by atoms with van der Waals surface area (Å²) in [6.45, 7) is 9.77. The fourth-order valence-electron chi connectivity index (χ4n) is 3.64. The molecule has 1 N–H and O–H groups in total. The van der Waals surface area contributed by atoms with Crippen molar-refractivity contribution < 1.29 is 9.53 Å². The first-order valence-electron chi connectivity index (χ1n) is 9.09. The van der Waals surface area contributed by atoms with E-state index in [2.05, 4.69) is 12.2 Å². The number of rotatable bonds is 2. The van der Waals surface area contributed by atoms with Crippen molar-refractivity contribution in [3.8, 4) is 0 Å². The van der Waals surface area contributed by atoms with E-state index in [-0.39, 0.29) is 6.09 Å². The van der Waals surface area contributed by atoms with Crippen molar-refractivity contribution in [1.29, 1.82) is 0 Å². The molecule has 4 heteroatoms. The largest absolute Gasteiger partial charge is 0.444 e. The third-order valence-electron chi connectivity index (χ3n) is 4.88. The summed E-state index contributed by atoms with van der Waals surface area (Å²) in [7, 11) is 0. The number of likely N-dealkylation sites (tertiary alicyclic amines) is 1. The molecular weight excluding hydrogens is 276 g/mol. The SMILES string of the molecule is CC1CCCCC1NC1CCCCN(C(=O)OC(C)(C)C)C1. The summed E-state index contributed by atoms with van der Waals surface area (Å²) in [5.74, 6) is 0.756. The Morgan fingerprint density at radius 1 is 1.09 bits per heavy atom. The number of carbonyl (C=O) groups is 1. The summed E-state index contributed by atoms with van der Waals surface area (Å²) in [5, 5.41) is 3.85. The maximum atomic E-state index is 12.3. The topological polar surface area (TPSA) is 41.6 Å². The van der Waals surface area contributed by atoms with E-state index in [0.29, 0.717) is 12.1 Å². The predicted molar refractivity (Wildman–Crippen MR) is 90.0 cm³/mol. The van der Waals surface area contributed by atoms with Crippen molar-refractivity contribution in [1.82, 2.24) is 10.2 Å². The zero-order valence-corrected chi connectivity index (χ0v) is 14.9. The van der Waals surface area contributed by atoms with E-state index in [0.717, 1.165) is 25.4 Å². The van der Waals surface area contributed by atoms with Crippen LogP contribution in [0.1, 0.15) is 72.6 Å². The smallest absolute Gasteiger partial charge is 0.410 e. The Morgan fingerprint density at radius 2 is 1.77 bits per heavy atom. The molecule has 3 atom stereocenters. The molecule has 1 heterocycles. The molecule has 128 valence electrons. The molecule has 0 aromatic rings. The summed E-state index contributed by atoms with van der Waals surface area (Å²) in [5.41, 5.74) is -0.413. The molecule has 1 aliphatic carbocycles. The Bertz CT molecular complexity index is 365. The van der Waals surface area contributed by atoms with Crippen molar-refractivity contribution in [2.24, 2.45) is 5.92 Å². The third-order valence-corrected chi connectivity index (χ3v) is 4.88. The lowest BCUT2D eigenvalue weighted by molar-refractivity contribution is 0.0239. The highest BCUT2D eigenvalue weighted by atomic mass is 16.6. The standard InChI is InChI=1S/C18H34N2O2/c1-14-9-5-6-11-16(14)19-15-10-7-8-12-20(13-15)17(21)22-18(2,3)4/h14-16,19H,5-13H2,1-4H3. The Balaban J connectivity index is 1.90. The van der Waals surface area contributed by atoms with Crippen LogP contribution in [0.3, 0.4) is 0 Å². The van der Waals surface area contributed by atoms with E-state index >= 15 is 0 Å². The summed E-state index contributed by atoms with van der Waals surface area (Å²) in [6, 6.07) is 1.04. The molecule has 4 nitrogen and oxygen atoms in total. The lowest BCUT2D eigenvalue weighted by Gasteiger charge is -2.34. The first-order valence-corrected chi connectivity index (χ1v) is 9.09. The van der Waals surface area contributed by atoms with Crippen LogP contribution in [0.5, 0.6) is 0 Å². The molecule has 3 unspecified atom stereocenters. The Morgan fingerprint density at radius 3 is 2.45 bits per heavy atom. The monoisotopic (exact) mass is 310 g/mol. The van der Waals surface area contributed by atoms with Crippen molar-refractivity contribution in [2.45, 2.75) is 90.3 Å². The zero-order valence-electron chi connectivity index (χ0n) is 14.9. The number of carbonyl (C=O) groups excluding carboxylic acids is 1. The number of hydrogen-bond acceptors (Lipinski definition) is 3. The molecule has 1 amide bonds. The molecule has 1 saturated carbocycles. The lowest BCUT2D eigenvalue weighted by atomic mass is 9.85. The molecule has 22 heavy (non-hydrogen) atoms. The molecular formula is C18H34N2O2. The van der Waals surface area contributed by atoms with Crippen LogP contribution in [-0.4, -0.2) is 41.8 Å². The van der Waals surface area contributed by atoms with Gasteiger partial charge in [0.25, 0.3) is 0 Å². The summed E-state index contributed by atoms with van der Waals surface area (Å²) < 4.78 is 5.55. The molecule has 0 spiro atoms. The van der Waals surface area contributed by atoms with Gasteiger partial charge in [-0.1, -0.05) is 26.2 Å². The van der Waals surface area contributed by atoms with Gasteiger partial charge < -0.3 is 15.0 Å². The van der Waals surface area contributed by atoms with Crippen LogP contribution >= 0.6 is 0 Å². The minimum Gasteiger partial charge on any atom is -0.444 e. The van der Waals surface area contributed by atoms with Crippen LogP contribution in [0.25, 0.3) is 0 Å². The molecule has 1 aliphatic heterocycles. The second kappa shape index (κ2) is 7.67.